The fourth-order valence-corrected chi connectivity index (χ4v) is 3.94. The van der Waals surface area contributed by atoms with E-state index in [4.69, 9.17) is 15.2 Å². The molecule has 3 heterocycles. The highest BCUT2D eigenvalue weighted by atomic mass is 16.5. The predicted molar refractivity (Wildman–Crippen MR) is 121 cm³/mol. The van der Waals surface area contributed by atoms with Gasteiger partial charge in [-0.05, 0) is 18.6 Å². The number of ether oxygens (including phenoxy) is 2. The zero-order valence-electron chi connectivity index (χ0n) is 19.1. The van der Waals surface area contributed by atoms with Crippen molar-refractivity contribution < 1.29 is 28.7 Å². The van der Waals surface area contributed by atoms with Gasteiger partial charge in [0, 0.05) is 18.7 Å². The number of nitrogens with zero attached hydrogens (tertiary/aromatic N) is 4. The Morgan fingerprint density at radius 1 is 1.09 bits per heavy atom. The van der Waals surface area contributed by atoms with Crippen LogP contribution in [0.3, 0.4) is 0 Å². The number of rotatable bonds is 12. The van der Waals surface area contributed by atoms with Crippen LogP contribution in [0.25, 0.3) is 0 Å². The monoisotopic (exact) mass is 485 g/mol. The molecule has 2 aromatic rings. The van der Waals surface area contributed by atoms with Crippen molar-refractivity contribution in [3.8, 4) is 0 Å². The van der Waals surface area contributed by atoms with E-state index in [0.717, 1.165) is 4.90 Å². The fourth-order valence-electron chi connectivity index (χ4n) is 3.94. The molecule has 4 amide bonds. The van der Waals surface area contributed by atoms with Gasteiger partial charge in [0.15, 0.2) is 0 Å². The SMILES string of the molecule is NCCOCCOCCn1cc(CNc2cccc3c2C(=O)N(C2CCC(=O)NC2=O)C3=O)nn1. The van der Waals surface area contributed by atoms with E-state index >= 15 is 0 Å². The van der Waals surface area contributed by atoms with Gasteiger partial charge in [-0.3, -0.25) is 29.4 Å². The lowest BCUT2D eigenvalue weighted by atomic mass is 10.0. The van der Waals surface area contributed by atoms with Crippen LogP contribution in [0.2, 0.25) is 0 Å². The summed E-state index contributed by atoms with van der Waals surface area (Å²) in [6.45, 7) is 3.15. The number of piperidine rings is 1. The van der Waals surface area contributed by atoms with Gasteiger partial charge in [-0.15, -0.1) is 5.10 Å². The summed E-state index contributed by atoms with van der Waals surface area (Å²) < 4.78 is 12.4. The minimum absolute atomic E-state index is 0.0671. The Morgan fingerprint density at radius 3 is 2.66 bits per heavy atom. The van der Waals surface area contributed by atoms with Gasteiger partial charge >= 0.3 is 0 Å². The molecule has 0 saturated carbocycles. The van der Waals surface area contributed by atoms with Gasteiger partial charge in [0.05, 0.1) is 56.8 Å². The van der Waals surface area contributed by atoms with Crippen LogP contribution >= 0.6 is 0 Å². The third-order valence-corrected chi connectivity index (χ3v) is 5.61. The van der Waals surface area contributed by atoms with Crippen molar-refractivity contribution in [1.29, 1.82) is 0 Å². The van der Waals surface area contributed by atoms with E-state index in [-0.39, 0.29) is 30.5 Å². The first-order chi connectivity index (χ1) is 17.0. The average Bonchev–Trinajstić information content (AvgIpc) is 3.40. The van der Waals surface area contributed by atoms with Crippen LogP contribution in [-0.2, 0) is 32.2 Å². The van der Waals surface area contributed by atoms with Crippen molar-refractivity contribution in [2.24, 2.45) is 5.73 Å². The molecule has 35 heavy (non-hydrogen) atoms. The Balaban J connectivity index is 1.34. The van der Waals surface area contributed by atoms with Gasteiger partial charge in [0.2, 0.25) is 11.8 Å². The molecule has 1 aromatic heterocycles. The van der Waals surface area contributed by atoms with E-state index in [9.17, 15) is 19.2 Å². The second-order valence-electron chi connectivity index (χ2n) is 8.02. The first kappa shape index (κ1) is 24.4. The summed E-state index contributed by atoms with van der Waals surface area (Å²) in [7, 11) is 0. The quantitative estimate of drug-likeness (QED) is 0.257. The van der Waals surface area contributed by atoms with Crippen LogP contribution in [0, 0.1) is 0 Å². The standard InChI is InChI=1S/C22H27N7O6/c23-6-8-34-10-11-35-9-7-28-13-14(26-27-28)12-24-16-3-1-2-15-19(16)22(33)29(21(15)32)17-4-5-18(30)25-20(17)31/h1-3,13,17,24H,4-12,23H2,(H,25,30,31). The topological polar surface area (TPSA) is 171 Å². The zero-order chi connectivity index (χ0) is 24.8. The molecule has 2 aliphatic heterocycles. The van der Waals surface area contributed by atoms with Crippen molar-refractivity contribution in [2.45, 2.75) is 32.0 Å². The van der Waals surface area contributed by atoms with Gasteiger partial charge < -0.3 is 20.5 Å². The summed E-state index contributed by atoms with van der Waals surface area (Å²) in [5, 5.41) is 13.5. The number of hydrogen-bond acceptors (Lipinski definition) is 10. The molecule has 1 saturated heterocycles. The molecule has 1 fully saturated rings. The van der Waals surface area contributed by atoms with Crippen LogP contribution in [-0.4, -0.2) is 82.5 Å². The van der Waals surface area contributed by atoms with Crippen molar-refractivity contribution in [3.63, 3.8) is 0 Å². The summed E-state index contributed by atoms with van der Waals surface area (Å²) in [4.78, 5) is 50.7. The number of carbonyl (C=O) groups is 4. The second kappa shape index (κ2) is 11.2. The van der Waals surface area contributed by atoms with Crippen LogP contribution in [0.4, 0.5) is 5.69 Å². The molecule has 0 aliphatic carbocycles. The number of anilines is 1. The number of nitrogens with one attached hydrogen (secondary N) is 2. The number of aromatic nitrogens is 3. The first-order valence-electron chi connectivity index (χ1n) is 11.3. The number of hydrogen-bond donors (Lipinski definition) is 3. The van der Waals surface area contributed by atoms with Crippen LogP contribution < -0.4 is 16.4 Å². The summed E-state index contributed by atoms with van der Waals surface area (Å²) in [6, 6.07) is 3.88. The predicted octanol–water partition coefficient (Wildman–Crippen LogP) is -0.717. The van der Waals surface area contributed by atoms with Crippen LogP contribution in [0.5, 0.6) is 0 Å². The molecule has 186 valence electrons. The Hall–Kier alpha value is -3.68. The Labute approximate surface area is 200 Å². The van der Waals surface area contributed by atoms with Gasteiger partial charge in [-0.2, -0.15) is 0 Å². The highest BCUT2D eigenvalue weighted by Crippen LogP contribution is 2.32. The number of carbonyl (C=O) groups excluding carboxylic acids is 4. The van der Waals surface area contributed by atoms with Crippen molar-refractivity contribution >= 4 is 29.3 Å². The molecular formula is C22H27N7O6. The number of benzene rings is 1. The van der Waals surface area contributed by atoms with E-state index in [1.165, 1.54) is 0 Å². The lowest BCUT2D eigenvalue weighted by Gasteiger charge is -2.27. The lowest BCUT2D eigenvalue weighted by Crippen LogP contribution is -2.54. The third kappa shape index (κ3) is 5.53. The number of imide groups is 2. The minimum atomic E-state index is -1.01. The highest BCUT2D eigenvalue weighted by molar-refractivity contribution is 6.25. The van der Waals surface area contributed by atoms with E-state index < -0.39 is 29.7 Å². The average molecular weight is 486 g/mol. The molecule has 1 unspecified atom stereocenters. The molecule has 13 heteroatoms. The van der Waals surface area contributed by atoms with E-state index in [0.29, 0.717) is 50.9 Å². The number of nitrogens with two attached hydrogens (primary N) is 1. The summed E-state index contributed by atoms with van der Waals surface area (Å²) >= 11 is 0. The molecule has 4 N–H and O–H groups in total. The number of fused-ring (bicyclic) bond motifs is 1. The molecule has 1 aromatic carbocycles. The van der Waals surface area contributed by atoms with Gasteiger partial charge in [0.1, 0.15) is 11.7 Å². The minimum Gasteiger partial charge on any atom is -0.379 e. The van der Waals surface area contributed by atoms with Gasteiger partial charge in [-0.25, -0.2) is 4.68 Å². The molecule has 0 bridgehead atoms. The van der Waals surface area contributed by atoms with E-state index in [1.54, 1.807) is 29.1 Å². The Kier molecular flexibility index (Phi) is 7.80. The van der Waals surface area contributed by atoms with Gasteiger partial charge in [-0.1, -0.05) is 11.3 Å². The molecule has 2 aliphatic rings. The summed E-state index contributed by atoms with van der Waals surface area (Å²) in [5.74, 6) is -2.18. The normalized spacial score (nSPS) is 17.6. The smallest absolute Gasteiger partial charge is 0.264 e. The summed E-state index contributed by atoms with van der Waals surface area (Å²) in [6.07, 6.45) is 1.93. The van der Waals surface area contributed by atoms with Crippen LogP contribution in [0.15, 0.2) is 24.4 Å². The molecule has 4 rings (SSSR count). The molecule has 0 radical (unpaired) electrons. The fraction of sp³-hybridized carbons (Fsp3) is 0.455. The van der Waals surface area contributed by atoms with E-state index in [1.807, 2.05) is 0 Å². The van der Waals surface area contributed by atoms with Crippen molar-refractivity contribution in [2.75, 3.05) is 38.3 Å². The Bertz CT molecular complexity index is 1120. The van der Waals surface area contributed by atoms with Gasteiger partial charge in [0.25, 0.3) is 11.8 Å². The van der Waals surface area contributed by atoms with Crippen molar-refractivity contribution in [3.05, 3.63) is 41.2 Å². The number of amides is 4. The van der Waals surface area contributed by atoms with Crippen LogP contribution in [0.1, 0.15) is 39.3 Å². The molecule has 13 nitrogen and oxygen atoms in total. The maximum Gasteiger partial charge on any atom is 0.264 e. The Morgan fingerprint density at radius 2 is 1.89 bits per heavy atom. The largest absolute Gasteiger partial charge is 0.379 e. The maximum absolute atomic E-state index is 13.1. The highest BCUT2D eigenvalue weighted by Gasteiger charge is 2.45. The zero-order valence-corrected chi connectivity index (χ0v) is 19.1. The molecule has 1 atom stereocenters. The third-order valence-electron chi connectivity index (χ3n) is 5.61. The van der Waals surface area contributed by atoms with Crippen molar-refractivity contribution in [1.82, 2.24) is 25.2 Å². The second-order valence-corrected chi connectivity index (χ2v) is 8.02. The first-order valence-corrected chi connectivity index (χ1v) is 11.3. The lowest BCUT2D eigenvalue weighted by molar-refractivity contribution is -0.136. The maximum atomic E-state index is 13.1. The molecule has 0 spiro atoms. The van der Waals surface area contributed by atoms with E-state index in [2.05, 4.69) is 20.9 Å². The molecular weight excluding hydrogens is 458 g/mol. The summed E-state index contributed by atoms with van der Waals surface area (Å²) in [5.41, 5.74) is 6.83.